The molecule has 1 fully saturated rings. The summed E-state index contributed by atoms with van der Waals surface area (Å²) in [6.45, 7) is 2.16. The third kappa shape index (κ3) is 2.83. The Balaban J connectivity index is 1.82. The molecule has 21 heavy (non-hydrogen) atoms. The van der Waals surface area contributed by atoms with Crippen molar-refractivity contribution < 1.29 is 8.42 Å². The summed E-state index contributed by atoms with van der Waals surface area (Å²) in [5, 5.41) is 4.32. The molecule has 3 heterocycles. The standard InChI is InChI=1S/C11H15IN6O2S/c1-16-10(12)9-11(15-16)14-8(7-13-9)17-3-5-18(6-4-17)21(2,19)20/h7H,3-6H2,1-2H3. The number of aryl methyl sites for hydroxylation is 1. The lowest BCUT2D eigenvalue weighted by atomic mass is 10.3. The molecule has 0 aromatic carbocycles. The quantitative estimate of drug-likeness (QED) is 0.637. The number of sulfonamides is 1. The van der Waals surface area contributed by atoms with Crippen molar-refractivity contribution in [2.45, 2.75) is 0 Å². The van der Waals surface area contributed by atoms with Gasteiger partial charge in [0.2, 0.25) is 15.7 Å². The van der Waals surface area contributed by atoms with Crippen LogP contribution in [0.1, 0.15) is 0 Å². The molecular formula is C11H15IN6O2S. The lowest BCUT2D eigenvalue weighted by Gasteiger charge is -2.33. The van der Waals surface area contributed by atoms with Crippen LogP contribution in [-0.2, 0) is 17.1 Å². The zero-order valence-corrected chi connectivity index (χ0v) is 14.7. The average molecular weight is 422 g/mol. The van der Waals surface area contributed by atoms with Crippen molar-refractivity contribution >= 4 is 49.6 Å². The summed E-state index contributed by atoms with van der Waals surface area (Å²) in [4.78, 5) is 11.0. The number of nitrogens with zero attached hydrogens (tertiary/aromatic N) is 6. The van der Waals surface area contributed by atoms with E-state index >= 15 is 0 Å². The Labute approximate surface area is 136 Å². The fourth-order valence-corrected chi connectivity index (χ4v) is 3.64. The van der Waals surface area contributed by atoms with Gasteiger partial charge in [0.1, 0.15) is 15.0 Å². The summed E-state index contributed by atoms with van der Waals surface area (Å²) in [5.41, 5.74) is 1.40. The average Bonchev–Trinajstić information content (AvgIpc) is 2.73. The molecule has 0 aliphatic carbocycles. The van der Waals surface area contributed by atoms with Gasteiger partial charge in [0, 0.05) is 33.2 Å². The number of rotatable bonds is 2. The maximum absolute atomic E-state index is 11.5. The molecule has 2 aromatic heterocycles. The van der Waals surface area contributed by atoms with Gasteiger partial charge in [0.15, 0.2) is 0 Å². The molecule has 10 heteroatoms. The Bertz CT molecular complexity index is 781. The van der Waals surface area contributed by atoms with Crippen LogP contribution in [0.25, 0.3) is 11.2 Å². The molecule has 8 nitrogen and oxygen atoms in total. The highest BCUT2D eigenvalue weighted by Crippen LogP contribution is 2.20. The Morgan fingerprint density at radius 2 is 1.90 bits per heavy atom. The zero-order chi connectivity index (χ0) is 15.2. The molecule has 0 saturated carbocycles. The predicted octanol–water partition coefficient (Wildman–Crippen LogP) is 0.0495. The van der Waals surface area contributed by atoms with Crippen LogP contribution in [0.4, 0.5) is 5.82 Å². The number of piperazine rings is 1. The van der Waals surface area contributed by atoms with E-state index in [9.17, 15) is 8.42 Å². The molecule has 3 rings (SSSR count). The Hall–Kier alpha value is -1.01. The third-order valence-corrected chi connectivity index (χ3v) is 6.01. The fraction of sp³-hybridized carbons (Fsp3) is 0.545. The molecule has 0 radical (unpaired) electrons. The second-order valence-corrected chi connectivity index (χ2v) is 7.97. The smallest absolute Gasteiger partial charge is 0.211 e. The highest BCUT2D eigenvalue weighted by molar-refractivity contribution is 14.1. The molecule has 0 N–H and O–H groups in total. The van der Waals surface area contributed by atoms with Crippen molar-refractivity contribution in [2.24, 2.45) is 7.05 Å². The molecule has 114 valence electrons. The monoisotopic (exact) mass is 422 g/mol. The van der Waals surface area contributed by atoms with Crippen LogP contribution >= 0.6 is 22.6 Å². The van der Waals surface area contributed by atoms with Gasteiger partial charge in [0.05, 0.1) is 12.5 Å². The van der Waals surface area contributed by atoms with Gasteiger partial charge < -0.3 is 4.90 Å². The number of aromatic nitrogens is 4. The van der Waals surface area contributed by atoms with Crippen molar-refractivity contribution in [1.82, 2.24) is 24.1 Å². The summed E-state index contributed by atoms with van der Waals surface area (Å²) in [5.74, 6) is 0.741. The van der Waals surface area contributed by atoms with Crippen molar-refractivity contribution in [2.75, 3.05) is 37.3 Å². The SMILES string of the molecule is Cn1nc2nc(N3CCN(S(C)(=O)=O)CC3)cnc2c1I. The first-order valence-corrected chi connectivity index (χ1v) is 9.34. The first kappa shape index (κ1) is 14.9. The van der Waals surface area contributed by atoms with Gasteiger partial charge in [-0.1, -0.05) is 0 Å². The van der Waals surface area contributed by atoms with Crippen molar-refractivity contribution in [3.05, 3.63) is 9.90 Å². The van der Waals surface area contributed by atoms with E-state index in [1.54, 1.807) is 10.9 Å². The van der Waals surface area contributed by atoms with Gasteiger partial charge in [-0.05, 0) is 22.6 Å². The minimum atomic E-state index is -3.11. The van der Waals surface area contributed by atoms with Gasteiger partial charge in [-0.15, -0.1) is 5.10 Å². The van der Waals surface area contributed by atoms with E-state index in [-0.39, 0.29) is 0 Å². The third-order valence-electron chi connectivity index (χ3n) is 3.50. The van der Waals surface area contributed by atoms with Crippen LogP contribution in [0.15, 0.2) is 6.20 Å². The zero-order valence-electron chi connectivity index (χ0n) is 11.7. The van der Waals surface area contributed by atoms with Crippen molar-refractivity contribution in [3.63, 3.8) is 0 Å². The van der Waals surface area contributed by atoms with Crippen LogP contribution in [0.5, 0.6) is 0 Å². The molecule has 0 spiro atoms. The molecule has 0 atom stereocenters. The molecule has 1 aliphatic rings. The maximum atomic E-state index is 11.5. The summed E-state index contributed by atoms with van der Waals surface area (Å²) >= 11 is 2.19. The van der Waals surface area contributed by atoms with E-state index in [2.05, 4.69) is 37.7 Å². The van der Waals surface area contributed by atoms with E-state index in [1.807, 2.05) is 11.9 Å². The Kier molecular flexibility index (Phi) is 3.78. The highest BCUT2D eigenvalue weighted by Gasteiger charge is 2.24. The van der Waals surface area contributed by atoms with Crippen LogP contribution in [0.2, 0.25) is 0 Å². The lowest BCUT2D eigenvalue weighted by molar-refractivity contribution is 0.387. The largest absolute Gasteiger partial charge is 0.353 e. The number of hydrogen-bond donors (Lipinski definition) is 0. The highest BCUT2D eigenvalue weighted by atomic mass is 127. The topological polar surface area (TPSA) is 84.2 Å². The fourth-order valence-electron chi connectivity index (χ4n) is 2.33. The van der Waals surface area contributed by atoms with Crippen LogP contribution in [0, 0.1) is 3.70 Å². The van der Waals surface area contributed by atoms with Gasteiger partial charge >= 0.3 is 0 Å². The second kappa shape index (κ2) is 5.32. The van der Waals surface area contributed by atoms with E-state index in [4.69, 9.17) is 0 Å². The molecule has 0 bridgehead atoms. The van der Waals surface area contributed by atoms with Gasteiger partial charge in [0.25, 0.3) is 0 Å². The first-order valence-electron chi connectivity index (χ1n) is 6.41. The van der Waals surface area contributed by atoms with Crippen molar-refractivity contribution in [1.29, 1.82) is 0 Å². The molecule has 1 aliphatic heterocycles. The minimum absolute atomic E-state index is 0.471. The Morgan fingerprint density at radius 3 is 2.52 bits per heavy atom. The summed E-state index contributed by atoms with van der Waals surface area (Å²) < 4.78 is 27.2. The molecule has 0 unspecified atom stereocenters. The normalized spacial score (nSPS) is 17.6. The summed E-state index contributed by atoms with van der Waals surface area (Å²) in [7, 11) is -1.26. The summed E-state index contributed by atoms with van der Waals surface area (Å²) in [6, 6.07) is 0. The maximum Gasteiger partial charge on any atom is 0.211 e. The first-order chi connectivity index (χ1) is 9.86. The molecule has 2 aromatic rings. The van der Waals surface area contributed by atoms with Gasteiger partial charge in [-0.25, -0.2) is 18.4 Å². The van der Waals surface area contributed by atoms with Crippen LogP contribution in [-0.4, -0.2) is 64.9 Å². The van der Waals surface area contributed by atoms with E-state index in [0.29, 0.717) is 31.8 Å². The van der Waals surface area contributed by atoms with Crippen molar-refractivity contribution in [3.8, 4) is 0 Å². The Morgan fingerprint density at radius 1 is 1.24 bits per heavy atom. The molecule has 0 amide bonds. The van der Waals surface area contributed by atoms with E-state index in [1.165, 1.54) is 10.6 Å². The van der Waals surface area contributed by atoms with Crippen LogP contribution in [0.3, 0.4) is 0 Å². The predicted molar refractivity (Wildman–Crippen MR) is 87.7 cm³/mol. The minimum Gasteiger partial charge on any atom is -0.353 e. The number of hydrogen-bond acceptors (Lipinski definition) is 6. The molecular weight excluding hydrogens is 407 g/mol. The van der Waals surface area contributed by atoms with Gasteiger partial charge in [-0.3, -0.25) is 4.68 Å². The van der Waals surface area contributed by atoms with E-state index in [0.717, 1.165) is 15.0 Å². The number of anilines is 1. The second-order valence-electron chi connectivity index (χ2n) is 4.96. The van der Waals surface area contributed by atoms with Gasteiger partial charge in [-0.2, -0.15) is 4.31 Å². The molecule has 1 saturated heterocycles. The number of halogens is 1. The number of fused-ring (bicyclic) bond motifs is 1. The van der Waals surface area contributed by atoms with Crippen LogP contribution < -0.4 is 4.90 Å². The summed E-state index contributed by atoms with van der Waals surface area (Å²) in [6.07, 6.45) is 2.96. The lowest BCUT2D eigenvalue weighted by Crippen LogP contribution is -2.48. The van der Waals surface area contributed by atoms with E-state index < -0.39 is 10.0 Å².